The first-order valence-electron chi connectivity index (χ1n) is 8.45. The molecule has 4 rings (SSSR count). The molecule has 0 aliphatic carbocycles. The standard InChI is InChI=1S/C21H19NO4.ClH/c1-3-26-19-5-4-16-14(9-22-10-17(16)21(19)23)6-13-7-15-11-25-12-18(15)20(8-13)24-2;/h4-5,7-12,23H,3,6H2,1-2H3;1H. The van der Waals surface area contributed by atoms with Crippen LogP contribution in [0.4, 0.5) is 0 Å². The van der Waals surface area contributed by atoms with Crippen LogP contribution in [0.15, 0.2) is 53.6 Å². The number of rotatable bonds is 5. The molecule has 140 valence electrons. The molecule has 0 aliphatic rings. The summed E-state index contributed by atoms with van der Waals surface area (Å²) in [6, 6.07) is 7.84. The first kappa shape index (κ1) is 18.9. The molecule has 0 amide bonds. The van der Waals surface area contributed by atoms with Crippen LogP contribution < -0.4 is 9.47 Å². The SMILES string of the molecule is CCOc1ccc2c(Cc3cc(OC)c4cocc4c3)cncc2c1O.Cl. The number of phenols is 1. The topological polar surface area (TPSA) is 64.7 Å². The van der Waals surface area contributed by atoms with Gasteiger partial charge in [0.15, 0.2) is 11.5 Å². The van der Waals surface area contributed by atoms with Crippen molar-refractivity contribution in [1.29, 1.82) is 0 Å². The molecule has 4 aromatic rings. The van der Waals surface area contributed by atoms with Crippen molar-refractivity contribution >= 4 is 34.0 Å². The number of phenolic OH excluding ortho intramolecular Hbond substituents is 1. The number of fused-ring (bicyclic) bond motifs is 2. The highest BCUT2D eigenvalue weighted by Crippen LogP contribution is 2.36. The average molecular weight is 386 g/mol. The Kier molecular flexibility index (Phi) is 5.42. The molecule has 2 heterocycles. The molecule has 2 aromatic carbocycles. The molecule has 0 unspecified atom stereocenters. The van der Waals surface area contributed by atoms with E-state index in [0.717, 1.165) is 33.0 Å². The Labute approximate surface area is 162 Å². The summed E-state index contributed by atoms with van der Waals surface area (Å²) in [4.78, 5) is 4.30. The Balaban J connectivity index is 0.00000210. The lowest BCUT2D eigenvalue weighted by Gasteiger charge is -2.12. The number of methoxy groups -OCH3 is 1. The monoisotopic (exact) mass is 385 g/mol. The predicted molar refractivity (Wildman–Crippen MR) is 107 cm³/mol. The molecule has 0 spiro atoms. The van der Waals surface area contributed by atoms with Crippen molar-refractivity contribution < 1.29 is 19.0 Å². The largest absolute Gasteiger partial charge is 0.504 e. The van der Waals surface area contributed by atoms with E-state index in [0.29, 0.717) is 24.2 Å². The molecular weight excluding hydrogens is 366 g/mol. The molecule has 27 heavy (non-hydrogen) atoms. The fourth-order valence-corrected chi connectivity index (χ4v) is 3.28. The molecule has 0 atom stereocenters. The predicted octanol–water partition coefficient (Wildman–Crippen LogP) is 5.11. The number of ether oxygens (including phenoxy) is 2. The Bertz CT molecular complexity index is 1090. The molecule has 0 saturated carbocycles. The number of hydrogen-bond donors (Lipinski definition) is 1. The molecular formula is C21H20ClNO4. The normalized spacial score (nSPS) is 10.7. The van der Waals surface area contributed by atoms with Crippen LogP contribution in [-0.2, 0) is 6.42 Å². The minimum Gasteiger partial charge on any atom is -0.504 e. The molecule has 0 radical (unpaired) electrons. The number of aromatic nitrogens is 1. The van der Waals surface area contributed by atoms with Crippen molar-refractivity contribution in [2.45, 2.75) is 13.3 Å². The molecule has 6 heteroatoms. The van der Waals surface area contributed by atoms with Crippen molar-refractivity contribution in [2.24, 2.45) is 0 Å². The quantitative estimate of drug-likeness (QED) is 0.517. The van der Waals surface area contributed by atoms with Gasteiger partial charge in [0.25, 0.3) is 0 Å². The third-order valence-electron chi connectivity index (χ3n) is 4.49. The van der Waals surface area contributed by atoms with E-state index in [1.54, 1.807) is 31.9 Å². The molecule has 1 N–H and O–H groups in total. The number of furan rings is 1. The van der Waals surface area contributed by atoms with Gasteiger partial charge in [-0.3, -0.25) is 4.98 Å². The van der Waals surface area contributed by atoms with Gasteiger partial charge in [-0.15, -0.1) is 12.4 Å². The second kappa shape index (κ2) is 7.76. The van der Waals surface area contributed by atoms with Gasteiger partial charge in [0.05, 0.1) is 25.4 Å². The van der Waals surface area contributed by atoms with Crippen molar-refractivity contribution in [3.05, 3.63) is 60.3 Å². The highest BCUT2D eigenvalue weighted by atomic mass is 35.5. The Morgan fingerprint density at radius 1 is 1.04 bits per heavy atom. The zero-order chi connectivity index (χ0) is 18.1. The summed E-state index contributed by atoms with van der Waals surface area (Å²) in [6.07, 6.45) is 7.55. The van der Waals surface area contributed by atoms with E-state index in [-0.39, 0.29) is 18.2 Å². The highest BCUT2D eigenvalue weighted by Gasteiger charge is 2.13. The molecule has 2 aromatic heterocycles. The number of hydrogen-bond acceptors (Lipinski definition) is 5. The van der Waals surface area contributed by atoms with Crippen molar-refractivity contribution in [3.63, 3.8) is 0 Å². The smallest absolute Gasteiger partial charge is 0.167 e. The lowest BCUT2D eigenvalue weighted by Crippen LogP contribution is -1.95. The van der Waals surface area contributed by atoms with Gasteiger partial charge in [-0.05, 0) is 48.1 Å². The maximum Gasteiger partial charge on any atom is 0.167 e. The van der Waals surface area contributed by atoms with E-state index in [2.05, 4.69) is 11.1 Å². The summed E-state index contributed by atoms with van der Waals surface area (Å²) in [5.74, 6) is 1.38. The van der Waals surface area contributed by atoms with Gasteiger partial charge in [0, 0.05) is 23.2 Å². The van der Waals surface area contributed by atoms with Gasteiger partial charge in [-0.25, -0.2) is 0 Å². The minimum absolute atomic E-state index is 0. The number of benzene rings is 2. The van der Waals surface area contributed by atoms with Crippen LogP contribution in [0.1, 0.15) is 18.1 Å². The third kappa shape index (κ3) is 3.38. The molecule has 0 fully saturated rings. The Morgan fingerprint density at radius 2 is 1.89 bits per heavy atom. The number of nitrogens with zero attached hydrogens (tertiary/aromatic N) is 1. The molecule has 5 nitrogen and oxygen atoms in total. The van der Waals surface area contributed by atoms with Crippen molar-refractivity contribution in [1.82, 2.24) is 4.98 Å². The van der Waals surface area contributed by atoms with Crippen LogP contribution in [-0.4, -0.2) is 23.8 Å². The molecule has 0 aliphatic heterocycles. The van der Waals surface area contributed by atoms with Crippen molar-refractivity contribution in [2.75, 3.05) is 13.7 Å². The lowest BCUT2D eigenvalue weighted by atomic mass is 9.99. The maximum atomic E-state index is 10.5. The van der Waals surface area contributed by atoms with E-state index >= 15 is 0 Å². The Morgan fingerprint density at radius 3 is 2.67 bits per heavy atom. The Hall–Kier alpha value is -2.92. The van der Waals surface area contributed by atoms with Crippen LogP contribution >= 0.6 is 12.4 Å². The first-order chi connectivity index (χ1) is 12.7. The van der Waals surface area contributed by atoms with Crippen molar-refractivity contribution in [3.8, 4) is 17.2 Å². The summed E-state index contributed by atoms with van der Waals surface area (Å²) in [5, 5.41) is 14.1. The van der Waals surface area contributed by atoms with Gasteiger partial charge >= 0.3 is 0 Å². The summed E-state index contributed by atoms with van der Waals surface area (Å²) in [6.45, 7) is 2.38. The van der Waals surface area contributed by atoms with Gasteiger partial charge in [-0.1, -0.05) is 6.07 Å². The summed E-state index contributed by atoms with van der Waals surface area (Å²) >= 11 is 0. The number of aromatic hydroxyl groups is 1. The summed E-state index contributed by atoms with van der Waals surface area (Å²) < 4.78 is 16.2. The third-order valence-corrected chi connectivity index (χ3v) is 4.49. The first-order valence-corrected chi connectivity index (χ1v) is 8.45. The van der Waals surface area contributed by atoms with Gasteiger partial charge in [-0.2, -0.15) is 0 Å². The fraction of sp³-hybridized carbons (Fsp3) is 0.190. The van der Waals surface area contributed by atoms with Crippen LogP contribution in [0.2, 0.25) is 0 Å². The van der Waals surface area contributed by atoms with Crippen LogP contribution in [0.5, 0.6) is 17.2 Å². The van der Waals surface area contributed by atoms with Crippen LogP contribution in [0, 0.1) is 0 Å². The van der Waals surface area contributed by atoms with Gasteiger partial charge in [0.1, 0.15) is 12.0 Å². The van der Waals surface area contributed by atoms with E-state index in [4.69, 9.17) is 13.9 Å². The molecule has 0 saturated heterocycles. The second-order valence-corrected chi connectivity index (χ2v) is 6.09. The van der Waals surface area contributed by atoms with E-state index in [1.165, 1.54) is 0 Å². The minimum atomic E-state index is 0. The lowest BCUT2D eigenvalue weighted by molar-refractivity contribution is 0.320. The van der Waals surface area contributed by atoms with E-state index in [1.807, 2.05) is 25.3 Å². The van der Waals surface area contributed by atoms with Crippen LogP contribution in [0.3, 0.4) is 0 Å². The maximum absolute atomic E-state index is 10.5. The number of halogens is 1. The summed E-state index contributed by atoms with van der Waals surface area (Å²) in [7, 11) is 1.65. The summed E-state index contributed by atoms with van der Waals surface area (Å²) in [5.41, 5.74) is 2.10. The fourth-order valence-electron chi connectivity index (χ4n) is 3.28. The molecule has 0 bridgehead atoms. The van der Waals surface area contributed by atoms with Crippen LogP contribution in [0.25, 0.3) is 21.5 Å². The van der Waals surface area contributed by atoms with E-state index < -0.39 is 0 Å². The second-order valence-electron chi connectivity index (χ2n) is 6.09. The highest BCUT2D eigenvalue weighted by molar-refractivity contribution is 5.92. The zero-order valence-corrected chi connectivity index (χ0v) is 15.9. The average Bonchev–Trinajstić information content (AvgIpc) is 3.12. The zero-order valence-electron chi connectivity index (χ0n) is 15.1. The van der Waals surface area contributed by atoms with Gasteiger partial charge < -0.3 is 19.0 Å². The van der Waals surface area contributed by atoms with E-state index in [9.17, 15) is 5.11 Å². The number of pyridine rings is 1. The van der Waals surface area contributed by atoms with Gasteiger partial charge in [0.2, 0.25) is 0 Å².